The first-order valence-electron chi connectivity index (χ1n) is 16.4. The van der Waals surface area contributed by atoms with Crippen molar-refractivity contribution in [3.8, 4) is 12.1 Å². The van der Waals surface area contributed by atoms with E-state index in [2.05, 4.69) is 68.9 Å². The smallest absolute Gasteiger partial charge is 0.318 e. The molecule has 12 heteroatoms. The average Bonchev–Trinajstić information content (AvgIpc) is 3.54. The van der Waals surface area contributed by atoms with E-state index in [4.69, 9.17) is 26.3 Å². The topological polar surface area (TPSA) is 115 Å². The Balaban J connectivity index is 1.19. The number of fused-ring (bicyclic) bond motifs is 2. The number of ether oxygens (including phenoxy) is 1. The van der Waals surface area contributed by atoms with E-state index in [1.807, 2.05) is 12.1 Å². The fourth-order valence-electron chi connectivity index (χ4n) is 7.18. The lowest BCUT2D eigenvalue weighted by atomic mass is 10.0. The van der Waals surface area contributed by atoms with Crippen LogP contribution in [0, 0.1) is 11.3 Å². The van der Waals surface area contributed by atoms with Crippen molar-refractivity contribution in [1.82, 2.24) is 30.0 Å². The van der Waals surface area contributed by atoms with Crippen LogP contribution in [0.1, 0.15) is 36.1 Å². The van der Waals surface area contributed by atoms with Crippen LogP contribution < -0.4 is 14.5 Å². The maximum atomic E-state index is 13.6. The van der Waals surface area contributed by atoms with Crippen molar-refractivity contribution >= 4 is 45.4 Å². The molecular weight excluding hydrogens is 626 g/mol. The summed E-state index contributed by atoms with van der Waals surface area (Å²) in [6.45, 7) is 8.39. The summed E-state index contributed by atoms with van der Waals surface area (Å²) in [5, 5.41) is 20.3. The highest BCUT2D eigenvalue weighted by molar-refractivity contribution is 6.36. The molecule has 4 aromatic rings. The summed E-state index contributed by atoms with van der Waals surface area (Å²) in [5.41, 5.74) is 4.01. The summed E-state index contributed by atoms with van der Waals surface area (Å²) in [6.07, 6.45) is 6.21. The van der Waals surface area contributed by atoms with E-state index in [9.17, 15) is 10.1 Å². The number of piperazine rings is 1. The number of hydrogen-bond acceptors (Lipinski definition) is 10. The predicted molar refractivity (Wildman–Crippen MR) is 186 cm³/mol. The van der Waals surface area contributed by atoms with Gasteiger partial charge in [0.1, 0.15) is 12.4 Å². The first-order chi connectivity index (χ1) is 23.4. The molecule has 0 aliphatic carbocycles. The molecule has 3 aliphatic heterocycles. The summed E-state index contributed by atoms with van der Waals surface area (Å²) >= 11 is 6.73. The maximum absolute atomic E-state index is 13.6. The average molecular weight is 664 g/mol. The van der Waals surface area contributed by atoms with Crippen LogP contribution in [-0.2, 0) is 17.8 Å². The maximum Gasteiger partial charge on any atom is 0.318 e. The van der Waals surface area contributed by atoms with Crippen molar-refractivity contribution in [2.45, 2.75) is 44.3 Å². The number of aromatic nitrogens is 4. The van der Waals surface area contributed by atoms with E-state index in [0.717, 1.165) is 70.9 Å². The Hall–Kier alpha value is -4.79. The first kappa shape index (κ1) is 31.8. The van der Waals surface area contributed by atoms with Gasteiger partial charge in [0.15, 0.2) is 0 Å². The molecule has 0 N–H and O–H groups in total. The number of nitriles is 1. The van der Waals surface area contributed by atoms with Crippen molar-refractivity contribution in [3.63, 3.8) is 0 Å². The van der Waals surface area contributed by atoms with Crippen LogP contribution in [0.2, 0.25) is 5.02 Å². The number of nitrogens with zero attached hydrogens (tertiary/aromatic N) is 9. The van der Waals surface area contributed by atoms with Gasteiger partial charge in [-0.15, -0.1) is 0 Å². The summed E-state index contributed by atoms with van der Waals surface area (Å²) in [6, 6.07) is 16.6. The van der Waals surface area contributed by atoms with Gasteiger partial charge < -0.3 is 24.3 Å². The normalized spacial score (nSPS) is 19.6. The largest absolute Gasteiger partial charge is 0.462 e. The fraction of sp³-hybridized carbons (Fsp3) is 0.389. The molecule has 5 heterocycles. The van der Waals surface area contributed by atoms with E-state index < -0.39 is 0 Å². The number of benzene rings is 2. The second-order valence-corrected chi connectivity index (χ2v) is 13.1. The molecule has 2 aromatic heterocycles. The molecule has 2 aromatic carbocycles. The van der Waals surface area contributed by atoms with E-state index >= 15 is 0 Å². The first-order valence-corrected chi connectivity index (χ1v) is 16.8. The van der Waals surface area contributed by atoms with Crippen molar-refractivity contribution in [2.24, 2.45) is 0 Å². The molecule has 11 nitrogen and oxygen atoms in total. The molecule has 2 saturated heterocycles. The van der Waals surface area contributed by atoms with Gasteiger partial charge in [-0.1, -0.05) is 42.4 Å². The van der Waals surface area contributed by atoms with Crippen molar-refractivity contribution in [1.29, 1.82) is 5.26 Å². The van der Waals surface area contributed by atoms with Gasteiger partial charge in [-0.05, 0) is 56.4 Å². The van der Waals surface area contributed by atoms with Gasteiger partial charge in [0, 0.05) is 60.0 Å². The van der Waals surface area contributed by atoms with E-state index in [1.165, 1.54) is 12.4 Å². The molecule has 0 spiro atoms. The van der Waals surface area contributed by atoms with Crippen LogP contribution in [-0.4, -0.2) is 94.3 Å². The standard InChI is InChI=1S/C36H38ClN9O2/c1-24(26-12-15-39-40-20-26)35(47)46-19-18-45(21-27(46)11-14-38)34-29-13-17-44(32-10-4-7-25-6-3-9-30(37)33(25)32)22-31(29)41-36(42-34)48-23-28-8-5-16-43(28)2/h3-4,6-7,9-10,12,15,20,27-28H,1,5,8,11,13,16-19,21-23H2,2H3/t27-,28-/m0/s1. The molecule has 48 heavy (non-hydrogen) atoms. The molecule has 0 saturated carbocycles. The number of hydrogen-bond donors (Lipinski definition) is 0. The number of halogens is 1. The third kappa shape index (κ3) is 6.25. The van der Waals surface area contributed by atoms with Gasteiger partial charge in [0.2, 0.25) is 0 Å². The van der Waals surface area contributed by atoms with Gasteiger partial charge in [0.25, 0.3) is 5.91 Å². The van der Waals surface area contributed by atoms with Gasteiger partial charge in [-0.2, -0.15) is 25.4 Å². The molecule has 0 radical (unpaired) electrons. The lowest BCUT2D eigenvalue weighted by Crippen LogP contribution is -2.56. The quantitative estimate of drug-likeness (QED) is 0.245. The molecule has 0 bridgehead atoms. The van der Waals surface area contributed by atoms with Gasteiger partial charge in [0.05, 0.1) is 48.2 Å². The highest BCUT2D eigenvalue weighted by atomic mass is 35.5. The van der Waals surface area contributed by atoms with Gasteiger partial charge in [-0.3, -0.25) is 4.79 Å². The predicted octanol–water partition coefficient (Wildman–Crippen LogP) is 4.75. The zero-order chi connectivity index (χ0) is 33.2. The Bertz CT molecular complexity index is 1880. The number of amides is 1. The fourth-order valence-corrected chi connectivity index (χ4v) is 7.46. The van der Waals surface area contributed by atoms with Crippen LogP contribution in [0.15, 0.2) is 61.4 Å². The number of likely N-dealkylation sites (N-methyl/N-ethyl adjacent to an activating group) is 1. The van der Waals surface area contributed by atoms with Crippen LogP contribution in [0.3, 0.4) is 0 Å². The monoisotopic (exact) mass is 663 g/mol. The Labute approximate surface area is 285 Å². The van der Waals surface area contributed by atoms with Crippen molar-refractivity contribution < 1.29 is 9.53 Å². The van der Waals surface area contributed by atoms with E-state index in [-0.39, 0.29) is 18.4 Å². The molecular formula is C36H38ClN9O2. The lowest BCUT2D eigenvalue weighted by molar-refractivity contribution is -0.127. The van der Waals surface area contributed by atoms with Crippen molar-refractivity contribution in [3.05, 3.63) is 83.3 Å². The molecule has 1 amide bonds. The Morgan fingerprint density at radius 2 is 1.92 bits per heavy atom. The molecule has 246 valence electrons. The Kier molecular flexibility index (Phi) is 9.11. The van der Waals surface area contributed by atoms with Crippen molar-refractivity contribution in [2.75, 3.05) is 56.2 Å². The number of likely N-dealkylation sites (tertiary alicyclic amines) is 1. The lowest BCUT2D eigenvalue weighted by Gasteiger charge is -2.42. The minimum absolute atomic E-state index is 0.185. The van der Waals surface area contributed by atoms with Crippen LogP contribution in [0.5, 0.6) is 6.01 Å². The number of rotatable bonds is 8. The zero-order valence-corrected chi connectivity index (χ0v) is 27.8. The highest BCUT2D eigenvalue weighted by Gasteiger charge is 2.35. The van der Waals surface area contributed by atoms with Gasteiger partial charge in [-0.25, -0.2) is 0 Å². The summed E-state index contributed by atoms with van der Waals surface area (Å²) in [4.78, 5) is 32.2. The Morgan fingerprint density at radius 3 is 2.69 bits per heavy atom. The third-order valence-electron chi connectivity index (χ3n) is 9.83. The molecule has 3 aliphatic rings. The SMILES string of the molecule is C=C(C(=O)N1CCN(c2nc(OC[C@@H]3CCCN3C)nc3c2CCN(c2cccc4cccc(Cl)c24)C3)C[C@@H]1CC#N)c1ccnnc1. The molecule has 2 atom stereocenters. The minimum Gasteiger partial charge on any atom is -0.462 e. The van der Waals surface area contributed by atoms with E-state index in [0.29, 0.717) is 56.0 Å². The number of carbonyl (C=O) groups excluding carboxylic acids is 1. The van der Waals surface area contributed by atoms with Crippen LogP contribution >= 0.6 is 11.6 Å². The van der Waals surface area contributed by atoms with Crippen LogP contribution in [0.4, 0.5) is 11.5 Å². The molecule has 2 fully saturated rings. The summed E-state index contributed by atoms with van der Waals surface area (Å²) in [7, 11) is 2.13. The Morgan fingerprint density at radius 1 is 1.06 bits per heavy atom. The summed E-state index contributed by atoms with van der Waals surface area (Å²) < 4.78 is 6.33. The summed E-state index contributed by atoms with van der Waals surface area (Å²) in [5.74, 6) is 0.610. The molecule has 0 unspecified atom stereocenters. The third-order valence-corrected chi connectivity index (χ3v) is 10.1. The highest BCUT2D eigenvalue weighted by Crippen LogP contribution is 2.37. The number of anilines is 2. The molecule has 7 rings (SSSR count). The number of carbonyl (C=O) groups is 1. The van der Waals surface area contributed by atoms with Crippen LogP contribution in [0.25, 0.3) is 16.3 Å². The minimum atomic E-state index is -0.345. The van der Waals surface area contributed by atoms with E-state index in [1.54, 1.807) is 11.0 Å². The second-order valence-electron chi connectivity index (χ2n) is 12.7. The second kappa shape index (κ2) is 13.7. The van der Waals surface area contributed by atoms with Gasteiger partial charge >= 0.3 is 6.01 Å². The zero-order valence-electron chi connectivity index (χ0n) is 27.1.